The van der Waals surface area contributed by atoms with Crippen LogP contribution in [0.1, 0.15) is 20.8 Å². The number of carbonyl (C=O) groups is 1. The summed E-state index contributed by atoms with van der Waals surface area (Å²) in [5.41, 5.74) is 2.15. The monoisotopic (exact) mass is 450 g/mol. The number of benzene rings is 2. The molecule has 4 rings (SSSR count). The number of carbonyl (C=O) groups excluding carboxylic acids is 1. The number of nitrogens with one attached hydrogen (secondary N) is 1. The number of nitrogens with zero attached hydrogens (tertiary/aromatic N) is 3. The fourth-order valence-corrected chi connectivity index (χ4v) is 4.46. The van der Waals surface area contributed by atoms with Gasteiger partial charge in [-0.15, -0.1) is 11.3 Å². The number of piperazine rings is 1. The highest BCUT2D eigenvalue weighted by molar-refractivity contribution is 7.12. The Bertz CT molecular complexity index is 1150. The molecule has 0 aliphatic carbocycles. The van der Waals surface area contributed by atoms with Crippen molar-refractivity contribution < 1.29 is 19.7 Å². The van der Waals surface area contributed by atoms with Crippen LogP contribution >= 0.6 is 11.3 Å². The molecular weight excluding hydrogens is 428 g/mol. The van der Waals surface area contributed by atoms with Crippen LogP contribution in [-0.2, 0) is 0 Å². The summed E-state index contributed by atoms with van der Waals surface area (Å²) in [7, 11) is 0. The third kappa shape index (κ3) is 4.68. The molecule has 8 nitrogen and oxygen atoms in total. The number of amides is 1. The predicted octanol–water partition coefficient (Wildman–Crippen LogP) is 2.46. The lowest BCUT2D eigenvalue weighted by Gasteiger charge is -2.31. The molecule has 1 N–H and O–H groups in total. The van der Waals surface area contributed by atoms with Gasteiger partial charge in [0.2, 0.25) is 0 Å². The predicted molar refractivity (Wildman–Crippen MR) is 122 cm³/mol. The third-order valence-electron chi connectivity index (χ3n) is 5.45. The zero-order chi connectivity index (χ0) is 22.7. The minimum atomic E-state index is -0.669. The first-order valence-corrected chi connectivity index (χ1v) is 11.1. The summed E-state index contributed by atoms with van der Waals surface area (Å²) < 4.78 is 0. The third-order valence-corrected chi connectivity index (χ3v) is 6.31. The molecule has 0 saturated carbocycles. The molecule has 164 valence electrons. The van der Waals surface area contributed by atoms with Gasteiger partial charge in [0, 0.05) is 24.4 Å². The molecule has 1 aliphatic rings. The van der Waals surface area contributed by atoms with Crippen molar-refractivity contribution >= 4 is 40.5 Å². The van der Waals surface area contributed by atoms with Gasteiger partial charge in [-0.1, -0.05) is 12.1 Å². The van der Waals surface area contributed by atoms with Crippen LogP contribution in [0, 0.1) is 17.0 Å². The summed E-state index contributed by atoms with van der Waals surface area (Å²) >= 11 is 1.47. The van der Waals surface area contributed by atoms with Crippen LogP contribution in [0.2, 0.25) is 0 Å². The Morgan fingerprint density at radius 1 is 1.19 bits per heavy atom. The lowest BCUT2D eigenvalue weighted by molar-refractivity contribution is -0.837. The molecule has 0 bridgehead atoms. The number of hydrogen-bond acceptors (Lipinski definition) is 6. The van der Waals surface area contributed by atoms with Gasteiger partial charge in [-0.25, -0.2) is 0 Å². The summed E-state index contributed by atoms with van der Waals surface area (Å²) in [5, 5.41) is 25.2. The van der Waals surface area contributed by atoms with E-state index in [1.54, 1.807) is 13.0 Å². The molecule has 9 heteroatoms. The summed E-state index contributed by atoms with van der Waals surface area (Å²) in [4.78, 5) is 31.2. The number of thiophene rings is 1. The van der Waals surface area contributed by atoms with E-state index < -0.39 is 16.4 Å². The fraction of sp³-hybridized carbons (Fsp3) is 0.217. The topological polar surface area (TPSA) is 103 Å². The van der Waals surface area contributed by atoms with Gasteiger partial charge in [-0.05, 0) is 47.4 Å². The van der Waals surface area contributed by atoms with E-state index in [9.17, 15) is 20.0 Å². The van der Waals surface area contributed by atoms with Gasteiger partial charge in [0.1, 0.15) is 5.69 Å². The average Bonchev–Trinajstić information content (AvgIpc) is 3.34. The van der Waals surface area contributed by atoms with E-state index in [4.69, 9.17) is 0 Å². The molecular formula is C23H22N4O4S. The molecule has 0 atom stereocenters. The molecule has 1 saturated heterocycles. The lowest BCUT2D eigenvalue weighted by Crippen LogP contribution is -3.10. The summed E-state index contributed by atoms with van der Waals surface area (Å²) in [6.45, 7) is 4.75. The SMILES string of the molecule is Cc1cc(C=Nc2ccc([NH+]3CCN(C(=O)c4cccs4)CC3)cc2)c([O-])c([N+](=O)[O-])c1. The fourth-order valence-electron chi connectivity index (χ4n) is 3.76. The average molecular weight is 451 g/mol. The largest absolute Gasteiger partial charge is 0.867 e. The first-order valence-electron chi connectivity index (χ1n) is 10.2. The maximum absolute atomic E-state index is 12.5. The van der Waals surface area contributed by atoms with E-state index in [1.165, 1.54) is 28.5 Å². The van der Waals surface area contributed by atoms with Crippen molar-refractivity contribution in [3.63, 3.8) is 0 Å². The highest BCUT2D eigenvalue weighted by Gasteiger charge is 2.26. The number of aliphatic imine (C=N–C) groups is 1. The minimum absolute atomic E-state index is 0.0952. The van der Waals surface area contributed by atoms with E-state index in [-0.39, 0.29) is 11.5 Å². The van der Waals surface area contributed by atoms with Gasteiger partial charge in [0.15, 0.2) is 0 Å². The quantitative estimate of drug-likeness (QED) is 0.366. The highest BCUT2D eigenvalue weighted by atomic mass is 32.1. The standard InChI is InChI=1S/C23H22N4O4S/c1-16-13-17(22(28)20(14-16)27(30)31)15-24-18-4-6-19(7-5-18)25-8-10-26(11-9-25)23(29)21-3-2-12-32-21/h2-7,12-15,28H,8-11H2,1H3. The smallest absolute Gasteiger partial charge is 0.264 e. The Morgan fingerprint density at radius 3 is 2.53 bits per heavy atom. The molecule has 1 aromatic heterocycles. The number of aryl methyl sites for hydroxylation is 1. The normalized spacial score (nSPS) is 14.7. The van der Waals surface area contributed by atoms with Crippen molar-refractivity contribution in [2.24, 2.45) is 4.99 Å². The summed E-state index contributed by atoms with van der Waals surface area (Å²) in [6, 6.07) is 14.3. The highest BCUT2D eigenvalue weighted by Crippen LogP contribution is 2.28. The molecule has 0 radical (unpaired) electrons. The number of rotatable bonds is 5. The van der Waals surface area contributed by atoms with Crippen molar-refractivity contribution in [3.05, 3.63) is 80.0 Å². The number of hydrogen-bond donors (Lipinski definition) is 1. The molecule has 3 aromatic rings. The van der Waals surface area contributed by atoms with Crippen LogP contribution in [0.3, 0.4) is 0 Å². The van der Waals surface area contributed by atoms with Crippen molar-refractivity contribution in [3.8, 4) is 5.75 Å². The van der Waals surface area contributed by atoms with Crippen LogP contribution in [0.25, 0.3) is 0 Å². The minimum Gasteiger partial charge on any atom is -0.867 e. The molecule has 1 aliphatic heterocycles. The van der Waals surface area contributed by atoms with Gasteiger partial charge >= 0.3 is 0 Å². The number of nitro benzene ring substituents is 1. The Balaban J connectivity index is 1.40. The van der Waals surface area contributed by atoms with Crippen LogP contribution < -0.4 is 10.0 Å². The van der Waals surface area contributed by atoms with Crippen LogP contribution in [0.15, 0.2) is 58.9 Å². The summed E-state index contributed by atoms with van der Waals surface area (Å²) in [5.74, 6) is -0.543. The van der Waals surface area contributed by atoms with Gasteiger partial charge < -0.3 is 10.0 Å². The molecule has 2 heterocycles. The van der Waals surface area contributed by atoms with Gasteiger partial charge in [-0.2, -0.15) is 0 Å². The molecule has 0 unspecified atom stereocenters. The van der Waals surface area contributed by atoms with E-state index >= 15 is 0 Å². The van der Waals surface area contributed by atoms with Crippen molar-refractivity contribution in [1.82, 2.24) is 4.90 Å². The molecule has 1 amide bonds. The van der Waals surface area contributed by atoms with E-state index in [1.807, 2.05) is 46.7 Å². The van der Waals surface area contributed by atoms with Crippen molar-refractivity contribution in [1.29, 1.82) is 0 Å². The van der Waals surface area contributed by atoms with Crippen LogP contribution in [0.5, 0.6) is 5.75 Å². The van der Waals surface area contributed by atoms with E-state index in [2.05, 4.69) is 4.99 Å². The molecule has 32 heavy (non-hydrogen) atoms. The maximum Gasteiger partial charge on any atom is 0.264 e. The van der Waals surface area contributed by atoms with Crippen LogP contribution in [0.4, 0.5) is 17.1 Å². The van der Waals surface area contributed by atoms with E-state index in [0.29, 0.717) is 24.3 Å². The van der Waals surface area contributed by atoms with E-state index in [0.717, 1.165) is 23.7 Å². The van der Waals surface area contributed by atoms with Crippen LogP contribution in [-0.4, -0.2) is 48.1 Å². The lowest BCUT2D eigenvalue weighted by atomic mass is 10.1. The second-order valence-corrected chi connectivity index (χ2v) is 8.59. The second kappa shape index (κ2) is 9.29. The number of nitro groups is 1. The Morgan fingerprint density at radius 2 is 1.91 bits per heavy atom. The Labute approximate surface area is 189 Å². The molecule has 0 spiro atoms. The second-order valence-electron chi connectivity index (χ2n) is 7.64. The maximum atomic E-state index is 12.5. The van der Waals surface area contributed by atoms with Gasteiger partial charge in [0.25, 0.3) is 11.6 Å². The van der Waals surface area contributed by atoms with Gasteiger partial charge in [0.05, 0.1) is 41.7 Å². The molecule has 2 aromatic carbocycles. The molecule has 1 fully saturated rings. The zero-order valence-corrected chi connectivity index (χ0v) is 18.3. The first kappa shape index (κ1) is 21.7. The zero-order valence-electron chi connectivity index (χ0n) is 17.5. The van der Waals surface area contributed by atoms with Crippen molar-refractivity contribution in [2.75, 3.05) is 26.2 Å². The Hall–Kier alpha value is -3.56. The van der Waals surface area contributed by atoms with Crippen molar-refractivity contribution in [2.45, 2.75) is 6.92 Å². The van der Waals surface area contributed by atoms with Gasteiger partial charge in [-0.3, -0.25) is 24.8 Å². The summed E-state index contributed by atoms with van der Waals surface area (Å²) in [6.07, 6.45) is 1.37. The first-order chi connectivity index (χ1) is 15.4. The Kier molecular flexibility index (Phi) is 6.29. The number of quaternary nitrogens is 1.